The minimum atomic E-state index is -0.195. The molecular formula is C21H17ClN4OS. The molecule has 0 spiro atoms. The number of carbonyl (C=O) groups excluding carboxylic acids is 1. The Labute approximate surface area is 172 Å². The Balaban J connectivity index is 1.65. The molecular weight excluding hydrogens is 392 g/mol. The molecule has 0 unspecified atom stereocenters. The fraction of sp³-hybridized carbons (Fsp3) is 0.0952. The Morgan fingerprint density at radius 1 is 1.14 bits per heavy atom. The number of para-hydroxylation sites is 1. The van der Waals surface area contributed by atoms with Crippen LogP contribution in [0.2, 0.25) is 5.15 Å². The predicted octanol–water partition coefficient (Wildman–Crippen LogP) is 5.03. The molecule has 4 rings (SSSR count). The van der Waals surface area contributed by atoms with Crippen LogP contribution in [0.1, 0.15) is 16.8 Å². The smallest absolute Gasteiger partial charge is 0.264 e. The first-order valence-electron chi connectivity index (χ1n) is 8.68. The number of halogens is 1. The zero-order valence-corrected chi connectivity index (χ0v) is 16.9. The lowest BCUT2D eigenvalue weighted by molar-refractivity contribution is -0.115. The maximum atomic E-state index is 12.4. The zero-order valence-electron chi connectivity index (χ0n) is 15.3. The number of aryl methyl sites for hydroxylation is 2. The number of nitrogens with one attached hydrogen (secondary N) is 1. The molecule has 1 aromatic heterocycles. The van der Waals surface area contributed by atoms with E-state index >= 15 is 0 Å². The van der Waals surface area contributed by atoms with Gasteiger partial charge in [-0.25, -0.2) is 9.67 Å². The summed E-state index contributed by atoms with van der Waals surface area (Å²) in [5.74, 6) is -0.195. The minimum Gasteiger partial charge on any atom is -0.300 e. The third kappa shape index (κ3) is 3.74. The highest BCUT2D eigenvalue weighted by Crippen LogP contribution is 2.32. The number of hydrogen-bond donors (Lipinski definition) is 1. The van der Waals surface area contributed by atoms with Crippen molar-refractivity contribution in [3.05, 3.63) is 81.5 Å². The molecule has 0 radical (unpaired) electrons. The number of amides is 1. The Morgan fingerprint density at radius 3 is 2.68 bits per heavy atom. The first kappa shape index (κ1) is 18.5. The second kappa shape index (κ2) is 7.66. The number of thioether (sulfide) groups is 1. The summed E-state index contributed by atoms with van der Waals surface area (Å²) in [7, 11) is 0. The molecule has 2 aromatic carbocycles. The van der Waals surface area contributed by atoms with Gasteiger partial charge in [0, 0.05) is 5.56 Å². The van der Waals surface area contributed by atoms with E-state index in [1.165, 1.54) is 11.8 Å². The van der Waals surface area contributed by atoms with Crippen LogP contribution in [0.15, 0.2) is 64.5 Å². The first-order valence-corrected chi connectivity index (χ1v) is 9.87. The molecule has 1 amide bonds. The Kier molecular flexibility index (Phi) is 5.07. The Morgan fingerprint density at radius 2 is 1.93 bits per heavy atom. The quantitative estimate of drug-likeness (QED) is 0.618. The number of nitrogens with zero attached hydrogens (tertiary/aromatic N) is 3. The average Bonchev–Trinajstić information content (AvgIpc) is 3.16. The number of benzene rings is 2. The second-order valence-electron chi connectivity index (χ2n) is 6.36. The van der Waals surface area contributed by atoms with Crippen molar-refractivity contribution in [2.24, 2.45) is 4.99 Å². The van der Waals surface area contributed by atoms with Gasteiger partial charge in [-0.1, -0.05) is 41.9 Å². The van der Waals surface area contributed by atoms with Gasteiger partial charge < -0.3 is 5.32 Å². The van der Waals surface area contributed by atoms with E-state index in [1.807, 2.05) is 68.4 Å². The third-order valence-electron chi connectivity index (χ3n) is 4.21. The molecule has 1 saturated heterocycles. The van der Waals surface area contributed by atoms with Crippen molar-refractivity contribution in [3.63, 3.8) is 0 Å². The monoisotopic (exact) mass is 408 g/mol. The lowest BCUT2D eigenvalue weighted by Crippen LogP contribution is -2.19. The summed E-state index contributed by atoms with van der Waals surface area (Å²) in [6, 6.07) is 17.5. The second-order valence-corrected chi connectivity index (χ2v) is 7.75. The Hall–Kier alpha value is -2.83. The average molecular weight is 409 g/mol. The molecule has 0 aliphatic carbocycles. The van der Waals surface area contributed by atoms with Crippen LogP contribution in [0.3, 0.4) is 0 Å². The topological polar surface area (TPSA) is 59.3 Å². The van der Waals surface area contributed by atoms with Crippen molar-refractivity contribution in [3.8, 4) is 5.69 Å². The largest absolute Gasteiger partial charge is 0.300 e. The molecule has 1 fully saturated rings. The van der Waals surface area contributed by atoms with E-state index in [-0.39, 0.29) is 5.91 Å². The molecule has 7 heteroatoms. The fourth-order valence-electron chi connectivity index (χ4n) is 2.84. The molecule has 28 heavy (non-hydrogen) atoms. The maximum absolute atomic E-state index is 12.4. The van der Waals surface area contributed by atoms with Crippen molar-refractivity contribution in [2.75, 3.05) is 0 Å². The van der Waals surface area contributed by atoms with Gasteiger partial charge in [0.2, 0.25) is 0 Å². The summed E-state index contributed by atoms with van der Waals surface area (Å²) < 4.78 is 1.67. The van der Waals surface area contributed by atoms with E-state index in [0.29, 0.717) is 15.2 Å². The van der Waals surface area contributed by atoms with Crippen LogP contribution in [-0.2, 0) is 4.79 Å². The molecule has 2 heterocycles. The van der Waals surface area contributed by atoms with Crippen molar-refractivity contribution in [1.29, 1.82) is 0 Å². The molecule has 0 atom stereocenters. The molecule has 5 nitrogen and oxygen atoms in total. The molecule has 1 aliphatic rings. The van der Waals surface area contributed by atoms with Gasteiger partial charge in [0.1, 0.15) is 5.15 Å². The first-order chi connectivity index (χ1) is 13.5. The number of aromatic nitrogens is 2. The van der Waals surface area contributed by atoms with Crippen LogP contribution in [-0.4, -0.2) is 20.9 Å². The van der Waals surface area contributed by atoms with Crippen LogP contribution in [0.4, 0.5) is 5.69 Å². The lowest BCUT2D eigenvalue weighted by atomic mass is 10.2. The van der Waals surface area contributed by atoms with Crippen molar-refractivity contribution in [1.82, 2.24) is 15.1 Å². The van der Waals surface area contributed by atoms with Crippen LogP contribution >= 0.6 is 23.4 Å². The molecule has 0 bridgehead atoms. The molecule has 1 aliphatic heterocycles. The number of amidine groups is 1. The molecule has 3 aromatic rings. The standard InChI is InChI=1S/C21H17ClN4OS/c1-13-7-6-8-15(11-13)23-21-24-20(27)18(28-21)12-17-14(2)25-26(19(17)22)16-9-4-3-5-10-16/h3-12H,1-2H3,(H,23,24,27). The van der Waals surface area contributed by atoms with Gasteiger partial charge in [-0.15, -0.1) is 0 Å². The lowest BCUT2D eigenvalue weighted by Gasteiger charge is -2.02. The minimum absolute atomic E-state index is 0.195. The van der Waals surface area contributed by atoms with E-state index in [2.05, 4.69) is 15.4 Å². The van der Waals surface area contributed by atoms with Gasteiger partial charge in [0.25, 0.3) is 5.91 Å². The predicted molar refractivity (Wildman–Crippen MR) is 115 cm³/mol. The summed E-state index contributed by atoms with van der Waals surface area (Å²) in [4.78, 5) is 17.4. The third-order valence-corrected chi connectivity index (χ3v) is 5.48. The highest BCUT2D eigenvalue weighted by Gasteiger charge is 2.25. The summed E-state index contributed by atoms with van der Waals surface area (Å²) in [5.41, 5.74) is 4.25. The van der Waals surface area contributed by atoms with Gasteiger partial charge >= 0.3 is 0 Å². The van der Waals surface area contributed by atoms with E-state index in [4.69, 9.17) is 11.6 Å². The SMILES string of the molecule is Cc1cccc(N=C2NC(=O)C(=Cc3c(C)nn(-c4ccccc4)c3Cl)S2)c1. The zero-order chi connectivity index (χ0) is 19.7. The fourth-order valence-corrected chi connectivity index (χ4v) is 3.99. The number of aliphatic imine (C=N–C) groups is 1. The van der Waals surface area contributed by atoms with Gasteiger partial charge in [-0.3, -0.25) is 4.79 Å². The number of hydrogen-bond acceptors (Lipinski definition) is 4. The normalized spacial score (nSPS) is 16.8. The summed E-state index contributed by atoms with van der Waals surface area (Å²) in [5, 5.41) is 8.33. The van der Waals surface area contributed by atoms with Crippen molar-refractivity contribution < 1.29 is 4.79 Å². The summed E-state index contributed by atoms with van der Waals surface area (Å²) in [6.07, 6.45) is 1.77. The van der Waals surface area contributed by atoms with E-state index in [1.54, 1.807) is 10.8 Å². The maximum Gasteiger partial charge on any atom is 0.264 e. The molecule has 0 saturated carbocycles. The van der Waals surface area contributed by atoms with Crippen molar-refractivity contribution in [2.45, 2.75) is 13.8 Å². The number of carbonyl (C=O) groups is 1. The van der Waals surface area contributed by atoms with Crippen LogP contribution < -0.4 is 5.32 Å². The summed E-state index contributed by atoms with van der Waals surface area (Å²) >= 11 is 7.85. The molecule has 1 N–H and O–H groups in total. The van der Waals surface area contributed by atoms with Crippen LogP contribution in [0.25, 0.3) is 11.8 Å². The van der Waals surface area contributed by atoms with Gasteiger partial charge in [0.15, 0.2) is 5.17 Å². The van der Waals surface area contributed by atoms with E-state index in [9.17, 15) is 4.79 Å². The van der Waals surface area contributed by atoms with Gasteiger partial charge in [-0.05, 0) is 61.5 Å². The highest BCUT2D eigenvalue weighted by atomic mass is 35.5. The summed E-state index contributed by atoms with van der Waals surface area (Å²) in [6.45, 7) is 3.88. The van der Waals surface area contributed by atoms with Crippen molar-refractivity contribution >= 4 is 46.2 Å². The van der Waals surface area contributed by atoms with E-state index in [0.717, 1.165) is 28.2 Å². The van der Waals surface area contributed by atoms with Gasteiger partial charge in [-0.2, -0.15) is 5.10 Å². The van der Waals surface area contributed by atoms with Crippen LogP contribution in [0.5, 0.6) is 0 Å². The van der Waals surface area contributed by atoms with E-state index < -0.39 is 0 Å². The van der Waals surface area contributed by atoms with Gasteiger partial charge in [0.05, 0.1) is 22.0 Å². The number of rotatable bonds is 3. The molecule has 140 valence electrons. The van der Waals surface area contributed by atoms with Crippen LogP contribution in [0, 0.1) is 13.8 Å². The Bertz CT molecular complexity index is 1120. The highest BCUT2D eigenvalue weighted by molar-refractivity contribution is 8.18.